The lowest BCUT2D eigenvalue weighted by molar-refractivity contribution is -0.119. The van der Waals surface area contributed by atoms with Crippen molar-refractivity contribution in [2.24, 2.45) is 5.10 Å². The maximum Gasteiger partial charge on any atom is 0.264 e. The number of halogens is 1. The Balaban J connectivity index is 1.80. The molecule has 0 atom stereocenters. The number of carbonyl (C=O) groups excluding carboxylic acids is 1. The van der Waals surface area contributed by atoms with Gasteiger partial charge in [-0.25, -0.2) is 18.2 Å². The molecule has 6 nitrogen and oxygen atoms in total. The first kappa shape index (κ1) is 22.0. The lowest BCUT2D eigenvalue weighted by Gasteiger charge is -2.23. The normalized spacial score (nSPS) is 15.0. The SMILES string of the molecule is O=C(CN(c1ccc(F)cc1)S(=O)(=O)c1ccccc1)NN=C1CCCCCCC1. The molecule has 1 fully saturated rings. The van der Waals surface area contributed by atoms with E-state index >= 15 is 0 Å². The van der Waals surface area contributed by atoms with Gasteiger partial charge in [0.05, 0.1) is 10.6 Å². The Kier molecular flexibility index (Phi) is 7.57. The van der Waals surface area contributed by atoms with Crippen LogP contribution in [0.5, 0.6) is 0 Å². The fourth-order valence-corrected chi connectivity index (χ4v) is 4.82. The van der Waals surface area contributed by atoms with E-state index in [1.165, 1.54) is 30.7 Å². The number of carbonyl (C=O) groups is 1. The van der Waals surface area contributed by atoms with Gasteiger partial charge in [-0.15, -0.1) is 0 Å². The zero-order valence-electron chi connectivity index (χ0n) is 16.8. The second-order valence-electron chi connectivity index (χ2n) is 7.28. The van der Waals surface area contributed by atoms with Gasteiger partial charge in [-0.2, -0.15) is 5.10 Å². The molecule has 3 rings (SSSR count). The molecular weight excluding hydrogens is 405 g/mol. The first-order valence-corrected chi connectivity index (χ1v) is 11.6. The predicted octanol–water partition coefficient (Wildman–Crippen LogP) is 4.24. The molecule has 160 valence electrons. The molecule has 1 amide bonds. The van der Waals surface area contributed by atoms with Crippen molar-refractivity contribution in [2.45, 2.75) is 49.8 Å². The average molecular weight is 432 g/mol. The van der Waals surface area contributed by atoms with Gasteiger partial charge in [-0.3, -0.25) is 9.10 Å². The second kappa shape index (κ2) is 10.3. The lowest BCUT2D eigenvalue weighted by Crippen LogP contribution is -2.39. The van der Waals surface area contributed by atoms with Gasteiger partial charge < -0.3 is 0 Å². The number of hydrogen-bond acceptors (Lipinski definition) is 4. The first-order chi connectivity index (χ1) is 14.5. The Morgan fingerprint density at radius 1 is 0.933 bits per heavy atom. The van der Waals surface area contributed by atoms with Crippen molar-refractivity contribution < 1.29 is 17.6 Å². The summed E-state index contributed by atoms with van der Waals surface area (Å²) in [5, 5.41) is 4.24. The van der Waals surface area contributed by atoms with E-state index in [0.717, 1.165) is 60.7 Å². The van der Waals surface area contributed by atoms with Crippen LogP contribution in [0.15, 0.2) is 64.6 Å². The van der Waals surface area contributed by atoms with Crippen molar-refractivity contribution in [2.75, 3.05) is 10.8 Å². The molecule has 0 bridgehead atoms. The second-order valence-corrected chi connectivity index (χ2v) is 9.14. The minimum atomic E-state index is -4.01. The summed E-state index contributed by atoms with van der Waals surface area (Å²) >= 11 is 0. The highest BCUT2D eigenvalue weighted by Gasteiger charge is 2.27. The molecule has 1 aliphatic carbocycles. The van der Waals surface area contributed by atoms with E-state index in [1.54, 1.807) is 18.2 Å². The van der Waals surface area contributed by atoms with E-state index in [2.05, 4.69) is 10.5 Å². The van der Waals surface area contributed by atoms with E-state index in [1.807, 2.05) is 0 Å². The minimum absolute atomic E-state index is 0.0495. The molecule has 0 aromatic heterocycles. The van der Waals surface area contributed by atoms with Crippen LogP contribution in [-0.4, -0.2) is 26.6 Å². The van der Waals surface area contributed by atoms with Crippen LogP contribution in [0.3, 0.4) is 0 Å². The topological polar surface area (TPSA) is 78.8 Å². The molecule has 8 heteroatoms. The third-order valence-corrected chi connectivity index (χ3v) is 6.79. The van der Waals surface area contributed by atoms with Crippen LogP contribution in [0.4, 0.5) is 10.1 Å². The average Bonchev–Trinajstić information content (AvgIpc) is 2.72. The monoisotopic (exact) mass is 431 g/mol. The Labute approximate surface area is 176 Å². The molecule has 2 aromatic carbocycles. The fraction of sp³-hybridized carbons (Fsp3) is 0.364. The number of hydrazone groups is 1. The maximum absolute atomic E-state index is 13.4. The van der Waals surface area contributed by atoms with E-state index in [4.69, 9.17) is 0 Å². The Bertz CT molecular complexity index is 966. The van der Waals surface area contributed by atoms with Gasteiger partial charge in [-0.1, -0.05) is 37.5 Å². The lowest BCUT2D eigenvalue weighted by atomic mass is 9.99. The highest BCUT2D eigenvalue weighted by Crippen LogP contribution is 2.23. The van der Waals surface area contributed by atoms with Crippen molar-refractivity contribution in [3.63, 3.8) is 0 Å². The van der Waals surface area contributed by atoms with Crippen LogP contribution in [0, 0.1) is 5.82 Å². The maximum atomic E-state index is 13.4. The summed E-state index contributed by atoms with van der Waals surface area (Å²) < 4.78 is 40.6. The van der Waals surface area contributed by atoms with Gasteiger partial charge >= 0.3 is 0 Å². The zero-order valence-corrected chi connectivity index (χ0v) is 17.6. The molecule has 1 saturated carbocycles. The molecule has 0 unspecified atom stereocenters. The number of anilines is 1. The number of amides is 1. The third kappa shape index (κ3) is 5.89. The van der Waals surface area contributed by atoms with Crippen LogP contribution >= 0.6 is 0 Å². The standard InChI is InChI=1S/C22H26FN3O3S/c23-18-13-15-20(16-14-18)26(30(28,29)21-11-7-4-8-12-21)17-22(27)25-24-19-9-5-2-1-3-6-10-19/h4,7-8,11-16H,1-3,5-6,9-10,17H2,(H,25,27). The van der Waals surface area contributed by atoms with Crippen LogP contribution in [-0.2, 0) is 14.8 Å². The Hall–Kier alpha value is -2.74. The molecule has 0 radical (unpaired) electrons. The number of sulfonamides is 1. The molecule has 2 aromatic rings. The highest BCUT2D eigenvalue weighted by molar-refractivity contribution is 7.92. The summed E-state index contributed by atoms with van der Waals surface area (Å²) in [6.45, 7) is -0.459. The first-order valence-electron chi connectivity index (χ1n) is 10.1. The molecule has 0 saturated heterocycles. The molecule has 0 heterocycles. The molecule has 0 spiro atoms. The van der Waals surface area contributed by atoms with Gasteiger partial charge in [-0.05, 0) is 62.1 Å². The summed E-state index contributed by atoms with van der Waals surface area (Å²) in [6, 6.07) is 12.8. The zero-order chi connectivity index (χ0) is 21.4. The van der Waals surface area contributed by atoms with E-state index in [0.29, 0.717) is 0 Å². The summed E-state index contributed by atoms with van der Waals surface area (Å²) in [5.41, 5.74) is 3.64. The number of benzene rings is 2. The molecular formula is C22H26FN3O3S. The Morgan fingerprint density at radius 2 is 1.53 bits per heavy atom. The van der Waals surface area contributed by atoms with E-state index in [9.17, 15) is 17.6 Å². The van der Waals surface area contributed by atoms with Crippen molar-refractivity contribution in [1.29, 1.82) is 0 Å². The van der Waals surface area contributed by atoms with E-state index < -0.39 is 28.3 Å². The number of nitrogens with one attached hydrogen (secondary N) is 1. The molecule has 1 aliphatic rings. The number of hydrogen-bond donors (Lipinski definition) is 1. The summed E-state index contributed by atoms with van der Waals surface area (Å²) in [7, 11) is -4.01. The largest absolute Gasteiger partial charge is 0.271 e. The van der Waals surface area contributed by atoms with Gasteiger partial charge in [0.1, 0.15) is 12.4 Å². The predicted molar refractivity (Wildman–Crippen MR) is 115 cm³/mol. The highest BCUT2D eigenvalue weighted by atomic mass is 32.2. The van der Waals surface area contributed by atoms with Crippen molar-refractivity contribution in [3.8, 4) is 0 Å². The summed E-state index contributed by atoms with van der Waals surface area (Å²) in [5.74, 6) is -1.04. The smallest absolute Gasteiger partial charge is 0.264 e. The van der Waals surface area contributed by atoms with Gasteiger partial charge in [0.15, 0.2) is 0 Å². The molecule has 0 aliphatic heterocycles. The third-order valence-electron chi connectivity index (χ3n) is 5.00. The van der Waals surface area contributed by atoms with Crippen LogP contribution in [0.1, 0.15) is 44.9 Å². The van der Waals surface area contributed by atoms with Crippen molar-refractivity contribution in [1.82, 2.24) is 5.43 Å². The molecule has 30 heavy (non-hydrogen) atoms. The fourth-order valence-electron chi connectivity index (χ4n) is 3.37. The quantitative estimate of drug-likeness (QED) is 0.695. The van der Waals surface area contributed by atoms with Crippen LogP contribution < -0.4 is 9.73 Å². The van der Waals surface area contributed by atoms with Gasteiger partial charge in [0.2, 0.25) is 0 Å². The van der Waals surface area contributed by atoms with E-state index in [-0.39, 0.29) is 10.6 Å². The van der Waals surface area contributed by atoms with Crippen molar-refractivity contribution >= 4 is 27.3 Å². The van der Waals surface area contributed by atoms with Gasteiger partial charge in [0, 0.05) is 5.71 Å². The summed E-state index contributed by atoms with van der Waals surface area (Å²) in [4.78, 5) is 12.6. The van der Waals surface area contributed by atoms with Crippen LogP contribution in [0.25, 0.3) is 0 Å². The van der Waals surface area contributed by atoms with Gasteiger partial charge in [0.25, 0.3) is 15.9 Å². The minimum Gasteiger partial charge on any atom is -0.271 e. The van der Waals surface area contributed by atoms with Crippen LogP contribution in [0.2, 0.25) is 0 Å². The summed E-state index contributed by atoms with van der Waals surface area (Å²) in [6.07, 6.45) is 7.29. The number of rotatable bonds is 6. The Morgan fingerprint density at radius 3 is 2.17 bits per heavy atom. The van der Waals surface area contributed by atoms with Crippen molar-refractivity contribution in [3.05, 3.63) is 60.4 Å². The molecule has 1 N–H and O–H groups in total. The number of nitrogens with zero attached hydrogens (tertiary/aromatic N) is 2.